The number of likely N-dealkylation sites (tertiary alicyclic amines) is 1. The van der Waals surface area contributed by atoms with Gasteiger partial charge in [0.1, 0.15) is 6.07 Å². The summed E-state index contributed by atoms with van der Waals surface area (Å²) in [5.41, 5.74) is 0.910. The molecule has 0 amide bonds. The van der Waals surface area contributed by atoms with Gasteiger partial charge >= 0.3 is 0 Å². The van der Waals surface area contributed by atoms with Gasteiger partial charge in [-0.15, -0.1) is 0 Å². The molecule has 1 aromatic carbocycles. The highest BCUT2D eigenvalue weighted by Gasteiger charge is 2.26. The Morgan fingerprint density at radius 1 is 1.13 bits per heavy atom. The number of nitro benzene ring substituents is 1. The Balaban J connectivity index is 1.37. The first kappa shape index (κ1) is 20.4. The van der Waals surface area contributed by atoms with E-state index < -0.39 is 4.92 Å². The first-order valence-electron chi connectivity index (χ1n) is 10.8. The molecular formula is C22H27N5O3. The van der Waals surface area contributed by atoms with E-state index in [1.165, 1.54) is 57.5 Å². The Labute approximate surface area is 176 Å². The Morgan fingerprint density at radius 2 is 1.83 bits per heavy atom. The molecular weight excluding hydrogens is 382 g/mol. The second-order valence-corrected chi connectivity index (χ2v) is 8.21. The molecule has 0 aliphatic carbocycles. The minimum absolute atomic E-state index is 0.0117. The van der Waals surface area contributed by atoms with E-state index in [1.54, 1.807) is 12.1 Å². The van der Waals surface area contributed by atoms with E-state index in [-0.39, 0.29) is 11.4 Å². The average Bonchev–Trinajstić information content (AvgIpc) is 3.23. The van der Waals surface area contributed by atoms with E-state index in [2.05, 4.69) is 20.9 Å². The van der Waals surface area contributed by atoms with Gasteiger partial charge in [-0.3, -0.25) is 10.1 Å². The third-order valence-corrected chi connectivity index (χ3v) is 6.24. The van der Waals surface area contributed by atoms with E-state index in [4.69, 9.17) is 4.42 Å². The maximum absolute atomic E-state index is 10.8. The molecule has 2 aliphatic heterocycles. The number of hydrogen-bond acceptors (Lipinski definition) is 7. The molecule has 0 spiro atoms. The molecule has 1 aromatic heterocycles. The van der Waals surface area contributed by atoms with Gasteiger partial charge in [0.25, 0.3) is 5.69 Å². The van der Waals surface area contributed by atoms with Gasteiger partial charge in [-0.25, -0.2) is 0 Å². The number of nitriles is 1. The quantitative estimate of drug-likeness (QED) is 0.520. The SMILES string of the molecule is N#Cc1nc(-c2ccc([N+](=O)[O-])cc2)oc1N1CCC(CCN2CCCCC2)CC1. The van der Waals surface area contributed by atoms with Gasteiger partial charge in [-0.05, 0) is 69.8 Å². The van der Waals surface area contributed by atoms with Crippen molar-refractivity contribution < 1.29 is 9.34 Å². The second-order valence-electron chi connectivity index (χ2n) is 8.21. The summed E-state index contributed by atoms with van der Waals surface area (Å²) in [7, 11) is 0. The fourth-order valence-corrected chi connectivity index (χ4v) is 4.42. The van der Waals surface area contributed by atoms with E-state index in [0.29, 0.717) is 23.3 Å². The second kappa shape index (κ2) is 9.26. The van der Waals surface area contributed by atoms with Crippen molar-refractivity contribution in [1.82, 2.24) is 9.88 Å². The average molecular weight is 409 g/mol. The Hall–Kier alpha value is -2.92. The van der Waals surface area contributed by atoms with Crippen LogP contribution in [0.15, 0.2) is 28.7 Å². The van der Waals surface area contributed by atoms with Gasteiger partial charge in [-0.1, -0.05) is 6.42 Å². The summed E-state index contributed by atoms with van der Waals surface area (Å²) in [6.07, 6.45) is 7.45. The third kappa shape index (κ3) is 4.62. The smallest absolute Gasteiger partial charge is 0.269 e. The highest BCUT2D eigenvalue weighted by Crippen LogP contribution is 2.32. The normalized spacial score (nSPS) is 18.3. The van der Waals surface area contributed by atoms with E-state index in [1.807, 2.05) is 0 Å². The van der Waals surface area contributed by atoms with Crippen molar-refractivity contribution in [3.8, 4) is 17.5 Å². The van der Waals surface area contributed by atoms with E-state index in [9.17, 15) is 15.4 Å². The lowest BCUT2D eigenvalue weighted by Gasteiger charge is -2.33. The zero-order chi connectivity index (χ0) is 20.9. The Kier molecular flexibility index (Phi) is 6.29. The maximum atomic E-state index is 10.8. The Bertz CT molecular complexity index is 904. The first-order valence-corrected chi connectivity index (χ1v) is 10.8. The number of nitrogens with zero attached hydrogens (tertiary/aromatic N) is 5. The van der Waals surface area contributed by atoms with Gasteiger partial charge < -0.3 is 14.2 Å². The first-order chi connectivity index (χ1) is 14.6. The van der Waals surface area contributed by atoms with E-state index >= 15 is 0 Å². The maximum Gasteiger partial charge on any atom is 0.269 e. The molecule has 0 unspecified atom stereocenters. The van der Waals surface area contributed by atoms with Crippen molar-refractivity contribution in [1.29, 1.82) is 5.26 Å². The zero-order valence-corrected chi connectivity index (χ0v) is 17.1. The van der Waals surface area contributed by atoms with Gasteiger partial charge in [-0.2, -0.15) is 10.2 Å². The summed E-state index contributed by atoms with van der Waals surface area (Å²) >= 11 is 0. The van der Waals surface area contributed by atoms with Crippen molar-refractivity contribution in [2.24, 2.45) is 5.92 Å². The van der Waals surface area contributed by atoms with Crippen LogP contribution in [0.2, 0.25) is 0 Å². The molecule has 2 saturated heterocycles. The summed E-state index contributed by atoms with van der Waals surface area (Å²) in [5.74, 6) is 1.55. The molecule has 2 aliphatic rings. The van der Waals surface area contributed by atoms with Crippen LogP contribution < -0.4 is 4.90 Å². The summed E-state index contributed by atoms with van der Waals surface area (Å²) in [6, 6.07) is 8.16. The number of aromatic nitrogens is 1. The fourth-order valence-electron chi connectivity index (χ4n) is 4.42. The van der Waals surface area contributed by atoms with Crippen molar-refractivity contribution in [3.63, 3.8) is 0 Å². The molecule has 8 nitrogen and oxygen atoms in total. The van der Waals surface area contributed by atoms with Crippen LogP contribution in [0, 0.1) is 27.4 Å². The Morgan fingerprint density at radius 3 is 2.47 bits per heavy atom. The van der Waals surface area contributed by atoms with Gasteiger partial charge in [0, 0.05) is 30.8 Å². The number of rotatable bonds is 6. The minimum atomic E-state index is -0.444. The molecule has 2 aromatic rings. The van der Waals surface area contributed by atoms with Crippen molar-refractivity contribution in [2.75, 3.05) is 37.6 Å². The minimum Gasteiger partial charge on any atom is -0.419 e. The van der Waals surface area contributed by atoms with Crippen LogP contribution in [0.25, 0.3) is 11.5 Å². The summed E-state index contributed by atoms with van der Waals surface area (Å²) in [5, 5.41) is 20.3. The van der Waals surface area contributed by atoms with Crippen LogP contribution in [-0.2, 0) is 0 Å². The molecule has 8 heteroatoms. The van der Waals surface area contributed by atoms with Crippen LogP contribution in [0.5, 0.6) is 0 Å². The standard InChI is InChI=1S/C22H27N5O3/c23-16-20-22(30-21(24-20)18-4-6-19(7-5-18)27(28)29)26-14-9-17(10-15-26)8-13-25-11-2-1-3-12-25/h4-7,17H,1-3,8-15H2. The van der Waals surface area contributed by atoms with Crippen molar-refractivity contribution >= 4 is 11.6 Å². The van der Waals surface area contributed by atoms with Gasteiger partial charge in [0.2, 0.25) is 17.5 Å². The molecule has 2 fully saturated rings. The summed E-state index contributed by atoms with van der Waals surface area (Å²) < 4.78 is 5.94. The number of non-ortho nitro benzene ring substituents is 1. The predicted molar refractivity (Wildman–Crippen MR) is 113 cm³/mol. The lowest BCUT2D eigenvalue weighted by molar-refractivity contribution is -0.384. The molecule has 0 atom stereocenters. The fraction of sp³-hybridized carbons (Fsp3) is 0.545. The number of oxazole rings is 1. The van der Waals surface area contributed by atoms with Gasteiger partial charge in [0.05, 0.1) is 4.92 Å². The predicted octanol–water partition coefficient (Wildman–Crippen LogP) is 4.21. The molecule has 3 heterocycles. The highest BCUT2D eigenvalue weighted by atomic mass is 16.6. The summed E-state index contributed by atoms with van der Waals surface area (Å²) in [4.78, 5) is 19.4. The molecule has 4 rings (SSSR count). The highest BCUT2D eigenvalue weighted by molar-refractivity contribution is 5.61. The molecule has 30 heavy (non-hydrogen) atoms. The number of piperidine rings is 2. The van der Waals surface area contributed by atoms with Gasteiger partial charge in [0.15, 0.2) is 0 Å². The van der Waals surface area contributed by atoms with E-state index in [0.717, 1.165) is 25.9 Å². The number of anilines is 1. The lowest BCUT2D eigenvalue weighted by atomic mass is 9.93. The topological polar surface area (TPSA) is 99.4 Å². The molecule has 0 N–H and O–H groups in total. The van der Waals surface area contributed by atoms with Crippen molar-refractivity contribution in [2.45, 2.75) is 38.5 Å². The van der Waals surface area contributed by atoms with Crippen LogP contribution in [-0.4, -0.2) is 47.5 Å². The zero-order valence-electron chi connectivity index (χ0n) is 17.1. The molecule has 0 radical (unpaired) electrons. The monoisotopic (exact) mass is 409 g/mol. The van der Waals surface area contributed by atoms with Crippen LogP contribution >= 0.6 is 0 Å². The number of benzene rings is 1. The molecule has 0 saturated carbocycles. The number of nitro groups is 1. The van der Waals surface area contributed by atoms with Crippen LogP contribution in [0.3, 0.4) is 0 Å². The molecule has 158 valence electrons. The largest absolute Gasteiger partial charge is 0.419 e. The summed E-state index contributed by atoms with van der Waals surface area (Å²) in [6.45, 7) is 5.39. The van der Waals surface area contributed by atoms with Crippen LogP contribution in [0.4, 0.5) is 11.6 Å². The lowest BCUT2D eigenvalue weighted by Crippen LogP contribution is -2.36. The number of hydrogen-bond donors (Lipinski definition) is 0. The van der Waals surface area contributed by atoms with Crippen LogP contribution in [0.1, 0.15) is 44.2 Å². The molecule has 0 bridgehead atoms. The van der Waals surface area contributed by atoms with Crippen molar-refractivity contribution in [3.05, 3.63) is 40.1 Å². The third-order valence-electron chi connectivity index (χ3n) is 6.24.